The number of rotatable bonds is 5. The van der Waals surface area contributed by atoms with Crippen LogP contribution in [0.15, 0.2) is 47.1 Å². The van der Waals surface area contributed by atoms with Crippen LogP contribution < -0.4 is 0 Å². The average molecular weight is 345 g/mol. The molecular formula is C20H24FNO3. The van der Waals surface area contributed by atoms with Crippen LogP contribution in [0.4, 0.5) is 4.39 Å². The van der Waals surface area contributed by atoms with Gasteiger partial charge in [0.2, 0.25) is 5.91 Å². The number of carbonyl (C=O) groups is 1. The molecule has 0 saturated carbocycles. The summed E-state index contributed by atoms with van der Waals surface area (Å²) in [5.41, 5.74) is 0.680. The molecule has 1 N–H and O–H groups in total. The second-order valence-corrected chi connectivity index (χ2v) is 6.66. The maximum absolute atomic E-state index is 13.4. The van der Waals surface area contributed by atoms with Crippen molar-refractivity contribution in [3.8, 4) is 0 Å². The molecule has 1 aromatic carbocycles. The Balaban J connectivity index is 1.70. The van der Waals surface area contributed by atoms with Crippen LogP contribution in [-0.2, 0) is 11.2 Å². The second-order valence-electron chi connectivity index (χ2n) is 6.66. The molecule has 0 bridgehead atoms. The summed E-state index contributed by atoms with van der Waals surface area (Å²) in [4.78, 5) is 14.7. The Morgan fingerprint density at radius 1 is 1.28 bits per heavy atom. The first kappa shape index (κ1) is 17.7. The fraction of sp³-hybridized carbons (Fsp3) is 0.450. The molecule has 0 aliphatic carbocycles. The molecule has 0 radical (unpaired) electrons. The zero-order chi connectivity index (χ0) is 17.6. The Morgan fingerprint density at radius 3 is 2.92 bits per heavy atom. The Labute approximate surface area is 147 Å². The summed E-state index contributed by atoms with van der Waals surface area (Å²) in [5, 5.41) is 10.4. The van der Waals surface area contributed by atoms with E-state index in [1.807, 2.05) is 4.90 Å². The van der Waals surface area contributed by atoms with Gasteiger partial charge in [-0.2, -0.15) is 0 Å². The summed E-state index contributed by atoms with van der Waals surface area (Å²) in [6.45, 7) is 0.684. The van der Waals surface area contributed by atoms with Crippen LogP contribution in [0.3, 0.4) is 0 Å². The summed E-state index contributed by atoms with van der Waals surface area (Å²) < 4.78 is 18.6. The van der Waals surface area contributed by atoms with Gasteiger partial charge in [-0.05, 0) is 42.7 Å². The van der Waals surface area contributed by atoms with E-state index >= 15 is 0 Å². The zero-order valence-electron chi connectivity index (χ0n) is 14.2. The van der Waals surface area contributed by atoms with E-state index in [1.165, 1.54) is 12.1 Å². The van der Waals surface area contributed by atoms with Gasteiger partial charge in [-0.3, -0.25) is 4.79 Å². The quantitative estimate of drug-likeness (QED) is 0.895. The highest BCUT2D eigenvalue weighted by atomic mass is 19.1. The van der Waals surface area contributed by atoms with E-state index in [4.69, 9.17) is 4.42 Å². The summed E-state index contributed by atoms with van der Waals surface area (Å²) in [5.74, 6) is 0.192. The van der Waals surface area contributed by atoms with E-state index < -0.39 is 6.10 Å². The third-order valence-corrected chi connectivity index (χ3v) is 4.81. The van der Waals surface area contributed by atoms with E-state index in [2.05, 4.69) is 0 Å². The van der Waals surface area contributed by atoms with Crippen LogP contribution in [0.2, 0.25) is 0 Å². The first-order valence-corrected chi connectivity index (χ1v) is 8.89. The lowest BCUT2D eigenvalue weighted by Crippen LogP contribution is -2.41. The fourth-order valence-corrected chi connectivity index (χ4v) is 3.53. The Hall–Kier alpha value is -2.14. The largest absolute Gasteiger partial charge is 0.467 e. The van der Waals surface area contributed by atoms with E-state index in [-0.39, 0.29) is 24.2 Å². The molecule has 2 heterocycles. The molecule has 5 heteroatoms. The number of benzene rings is 1. The predicted molar refractivity (Wildman–Crippen MR) is 92.4 cm³/mol. The molecule has 1 fully saturated rings. The van der Waals surface area contributed by atoms with Crippen molar-refractivity contribution in [2.75, 3.05) is 6.54 Å². The fourth-order valence-electron chi connectivity index (χ4n) is 3.53. The molecule has 134 valence electrons. The monoisotopic (exact) mass is 345 g/mol. The Bertz CT molecular complexity index is 686. The van der Waals surface area contributed by atoms with Crippen LogP contribution in [-0.4, -0.2) is 28.5 Å². The van der Waals surface area contributed by atoms with Crippen molar-refractivity contribution in [3.05, 3.63) is 59.8 Å². The summed E-state index contributed by atoms with van der Waals surface area (Å²) >= 11 is 0. The molecule has 2 aromatic rings. The number of carbonyl (C=O) groups excluding carboxylic acids is 1. The van der Waals surface area contributed by atoms with Gasteiger partial charge in [-0.15, -0.1) is 0 Å². The molecule has 1 aromatic heterocycles. The number of hydrogen-bond acceptors (Lipinski definition) is 3. The highest BCUT2D eigenvalue weighted by molar-refractivity contribution is 5.79. The maximum atomic E-state index is 13.4. The number of aliphatic hydroxyl groups is 1. The molecule has 1 aliphatic rings. The highest BCUT2D eigenvalue weighted by Crippen LogP contribution is 2.27. The maximum Gasteiger partial charge on any atom is 0.227 e. The minimum absolute atomic E-state index is 0.0101. The second kappa shape index (κ2) is 8.30. The topological polar surface area (TPSA) is 53.7 Å². The minimum atomic E-state index is -0.720. The van der Waals surface area contributed by atoms with Crippen molar-refractivity contribution in [2.24, 2.45) is 0 Å². The number of likely N-dealkylation sites (tertiary alicyclic amines) is 1. The molecule has 1 aliphatic heterocycles. The van der Waals surface area contributed by atoms with E-state index in [1.54, 1.807) is 30.5 Å². The average Bonchev–Trinajstić information content (AvgIpc) is 3.02. The summed E-state index contributed by atoms with van der Waals surface area (Å²) in [6.07, 6.45) is 5.42. The van der Waals surface area contributed by atoms with Crippen LogP contribution >= 0.6 is 0 Å². The van der Waals surface area contributed by atoms with Gasteiger partial charge in [-0.1, -0.05) is 25.0 Å². The first-order valence-electron chi connectivity index (χ1n) is 8.89. The number of furan rings is 1. The van der Waals surface area contributed by atoms with Crippen molar-refractivity contribution >= 4 is 5.91 Å². The first-order chi connectivity index (χ1) is 12.1. The molecule has 0 spiro atoms. The highest BCUT2D eigenvalue weighted by Gasteiger charge is 2.28. The standard InChI is InChI=1S/C20H24FNO3/c21-16-7-4-6-15(12-16)13-20(24)22-10-3-1-2-8-17(22)14-18(23)19-9-5-11-25-19/h4-7,9,11-12,17-18,23H,1-3,8,10,13-14H2. The van der Waals surface area contributed by atoms with Gasteiger partial charge in [0, 0.05) is 19.0 Å². The SMILES string of the molecule is O=C(Cc1cccc(F)c1)N1CCCCCC1CC(O)c1ccco1. The van der Waals surface area contributed by atoms with Gasteiger partial charge >= 0.3 is 0 Å². The van der Waals surface area contributed by atoms with Gasteiger partial charge in [0.1, 0.15) is 17.7 Å². The van der Waals surface area contributed by atoms with E-state index in [0.717, 1.165) is 25.7 Å². The lowest BCUT2D eigenvalue weighted by molar-refractivity contribution is -0.133. The van der Waals surface area contributed by atoms with Crippen LogP contribution in [0.5, 0.6) is 0 Å². The van der Waals surface area contributed by atoms with Gasteiger partial charge in [0.15, 0.2) is 0 Å². The molecule has 2 atom stereocenters. The lowest BCUT2D eigenvalue weighted by atomic mass is 10.0. The third-order valence-electron chi connectivity index (χ3n) is 4.81. The van der Waals surface area contributed by atoms with Crippen molar-refractivity contribution in [3.63, 3.8) is 0 Å². The number of nitrogens with zero attached hydrogens (tertiary/aromatic N) is 1. The molecule has 4 nitrogen and oxygen atoms in total. The summed E-state index contributed by atoms with van der Waals surface area (Å²) in [7, 11) is 0. The van der Waals surface area contributed by atoms with Crippen molar-refractivity contribution in [2.45, 2.75) is 50.7 Å². The van der Waals surface area contributed by atoms with Crippen LogP contribution in [0.1, 0.15) is 49.5 Å². The van der Waals surface area contributed by atoms with Crippen molar-refractivity contribution in [1.29, 1.82) is 0 Å². The van der Waals surface area contributed by atoms with Gasteiger partial charge in [0.25, 0.3) is 0 Å². The van der Waals surface area contributed by atoms with Gasteiger partial charge in [0.05, 0.1) is 12.7 Å². The third kappa shape index (κ3) is 4.69. The summed E-state index contributed by atoms with van der Waals surface area (Å²) in [6, 6.07) is 9.65. The normalized spacial score (nSPS) is 19.4. The van der Waals surface area contributed by atoms with Crippen LogP contribution in [0, 0.1) is 5.82 Å². The Kier molecular flexibility index (Phi) is 5.87. The zero-order valence-corrected chi connectivity index (χ0v) is 14.2. The number of halogens is 1. The van der Waals surface area contributed by atoms with Gasteiger partial charge < -0.3 is 14.4 Å². The smallest absolute Gasteiger partial charge is 0.227 e. The minimum Gasteiger partial charge on any atom is -0.467 e. The molecule has 1 amide bonds. The van der Waals surface area contributed by atoms with Crippen LogP contribution in [0.25, 0.3) is 0 Å². The lowest BCUT2D eigenvalue weighted by Gasteiger charge is -2.31. The van der Waals surface area contributed by atoms with Crippen molar-refractivity contribution < 1.29 is 18.7 Å². The molecular weight excluding hydrogens is 321 g/mol. The van der Waals surface area contributed by atoms with Gasteiger partial charge in [-0.25, -0.2) is 4.39 Å². The predicted octanol–water partition coefficient (Wildman–Crippen LogP) is 3.86. The molecule has 25 heavy (non-hydrogen) atoms. The van der Waals surface area contributed by atoms with E-state index in [0.29, 0.717) is 24.3 Å². The molecule has 2 unspecified atom stereocenters. The number of amides is 1. The number of hydrogen-bond donors (Lipinski definition) is 1. The molecule has 1 saturated heterocycles. The van der Waals surface area contributed by atoms with E-state index in [9.17, 15) is 14.3 Å². The Morgan fingerprint density at radius 2 is 2.16 bits per heavy atom. The number of aliphatic hydroxyl groups excluding tert-OH is 1. The molecule has 3 rings (SSSR count). The van der Waals surface area contributed by atoms with Crippen molar-refractivity contribution in [1.82, 2.24) is 4.90 Å².